The number of rotatable bonds is 8. The maximum absolute atomic E-state index is 12.8. The van der Waals surface area contributed by atoms with Gasteiger partial charge >= 0.3 is 0 Å². The topological polar surface area (TPSA) is 87.5 Å². The molecule has 2 saturated heterocycles. The summed E-state index contributed by atoms with van der Waals surface area (Å²) in [4.78, 5) is 19.4. The molecule has 2 aliphatic rings. The van der Waals surface area contributed by atoms with E-state index in [2.05, 4.69) is 15.2 Å². The molecule has 2 aliphatic heterocycles. The van der Waals surface area contributed by atoms with Crippen LogP contribution in [0.15, 0.2) is 29.4 Å². The second kappa shape index (κ2) is 10.1. The van der Waals surface area contributed by atoms with Gasteiger partial charge in [-0.2, -0.15) is 4.31 Å². The molecule has 0 bridgehead atoms. The molecular weight excluding hydrogens is 414 g/mol. The Morgan fingerprint density at radius 3 is 2.42 bits per heavy atom. The number of hydrogen-bond donors (Lipinski definition) is 1. The van der Waals surface area contributed by atoms with Gasteiger partial charge in [0, 0.05) is 39.1 Å². The maximum Gasteiger partial charge on any atom is 0.243 e. The quantitative estimate of drug-likeness (QED) is 0.670. The van der Waals surface area contributed by atoms with Crippen molar-refractivity contribution in [2.24, 2.45) is 0 Å². The normalized spacial score (nSPS) is 19.0. The van der Waals surface area contributed by atoms with Crippen LogP contribution < -0.4 is 5.32 Å². The fraction of sp³-hybridized carbons (Fsp3) is 0.636. The lowest BCUT2D eigenvalue weighted by Gasteiger charge is -2.19. The lowest BCUT2D eigenvalue weighted by atomic mass is 10.2. The van der Waals surface area contributed by atoms with E-state index in [1.807, 2.05) is 4.57 Å². The van der Waals surface area contributed by atoms with Crippen molar-refractivity contribution in [3.63, 3.8) is 0 Å². The van der Waals surface area contributed by atoms with Gasteiger partial charge in [0.15, 0.2) is 0 Å². The Morgan fingerprint density at radius 1 is 0.968 bits per heavy atom. The van der Waals surface area contributed by atoms with E-state index in [1.54, 1.807) is 28.8 Å². The third kappa shape index (κ3) is 5.45. The first-order valence-electron chi connectivity index (χ1n) is 11.5. The Balaban J connectivity index is 1.30. The number of sulfonamides is 1. The van der Waals surface area contributed by atoms with Crippen molar-refractivity contribution in [3.05, 3.63) is 24.5 Å². The summed E-state index contributed by atoms with van der Waals surface area (Å²) >= 11 is 0. The Kier molecular flexibility index (Phi) is 7.24. The molecule has 0 unspecified atom stereocenters. The highest BCUT2D eigenvalue weighted by Gasteiger charge is 2.27. The average Bonchev–Trinajstić information content (AvgIpc) is 3.38. The van der Waals surface area contributed by atoms with Gasteiger partial charge in [-0.3, -0.25) is 4.79 Å². The van der Waals surface area contributed by atoms with Crippen molar-refractivity contribution >= 4 is 27.0 Å². The van der Waals surface area contributed by atoms with E-state index in [4.69, 9.17) is 0 Å². The Bertz CT molecular complexity index is 990. The van der Waals surface area contributed by atoms with E-state index in [0.29, 0.717) is 43.0 Å². The minimum Gasteiger partial charge on any atom is -0.355 e. The van der Waals surface area contributed by atoms with Gasteiger partial charge in [0.1, 0.15) is 0 Å². The third-order valence-electron chi connectivity index (χ3n) is 6.32. The molecule has 0 saturated carbocycles. The first-order valence-corrected chi connectivity index (χ1v) is 12.9. The van der Waals surface area contributed by atoms with Crippen LogP contribution in [0.5, 0.6) is 0 Å². The number of nitrogens with zero attached hydrogens (tertiary/aromatic N) is 4. The molecule has 1 N–H and O–H groups in total. The molecule has 1 aromatic carbocycles. The van der Waals surface area contributed by atoms with Crippen molar-refractivity contribution in [1.29, 1.82) is 0 Å². The van der Waals surface area contributed by atoms with Gasteiger partial charge in [-0.05, 0) is 57.0 Å². The predicted octanol–water partition coefficient (Wildman–Crippen LogP) is 2.20. The Labute approximate surface area is 184 Å². The summed E-state index contributed by atoms with van der Waals surface area (Å²) in [6.45, 7) is 5.54. The lowest BCUT2D eigenvalue weighted by Crippen LogP contribution is -2.35. The molecule has 1 aromatic heterocycles. The standard InChI is InChI=1S/C22H33N5O3S/c28-22(23-10-16-25-11-3-1-2-4-12-25)9-15-26-18-24-20-17-19(7-8-21(20)26)31(29,30)27-13-5-6-14-27/h7-8,17-18H,1-6,9-16H2,(H,23,28). The zero-order valence-electron chi connectivity index (χ0n) is 18.1. The fourth-order valence-corrected chi connectivity index (χ4v) is 6.02. The highest BCUT2D eigenvalue weighted by atomic mass is 32.2. The summed E-state index contributed by atoms with van der Waals surface area (Å²) in [7, 11) is -3.45. The number of carbonyl (C=O) groups is 1. The molecule has 2 aromatic rings. The first kappa shape index (κ1) is 22.2. The van der Waals surface area contributed by atoms with Gasteiger partial charge in [0.25, 0.3) is 0 Å². The van der Waals surface area contributed by atoms with Crippen LogP contribution in [0, 0.1) is 0 Å². The largest absolute Gasteiger partial charge is 0.355 e. The number of fused-ring (bicyclic) bond motifs is 1. The van der Waals surface area contributed by atoms with Gasteiger partial charge in [-0.1, -0.05) is 12.8 Å². The van der Waals surface area contributed by atoms with Crippen LogP contribution in [0.3, 0.4) is 0 Å². The smallest absolute Gasteiger partial charge is 0.243 e. The van der Waals surface area contributed by atoms with Crippen LogP contribution in [0.4, 0.5) is 0 Å². The van der Waals surface area contributed by atoms with Crippen molar-refractivity contribution in [2.45, 2.75) is 56.4 Å². The monoisotopic (exact) mass is 447 g/mol. The Morgan fingerprint density at radius 2 is 1.68 bits per heavy atom. The maximum atomic E-state index is 12.8. The van der Waals surface area contributed by atoms with Crippen LogP contribution in [0.1, 0.15) is 44.9 Å². The molecule has 0 atom stereocenters. The minimum absolute atomic E-state index is 0.0323. The van der Waals surface area contributed by atoms with E-state index in [9.17, 15) is 13.2 Å². The van der Waals surface area contributed by atoms with Gasteiger partial charge in [-0.25, -0.2) is 13.4 Å². The lowest BCUT2D eigenvalue weighted by molar-refractivity contribution is -0.121. The third-order valence-corrected chi connectivity index (χ3v) is 8.22. The van der Waals surface area contributed by atoms with Crippen LogP contribution in [-0.2, 0) is 21.4 Å². The fourth-order valence-electron chi connectivity index (χ4n) is 4.48. The molecule has 0 aliphatic carbocycles. The molecular formula is C22H33N5O3S. The van der Waals surface area contributed by atoms with Crippen molar-refractivity contribution in [2.75, 3.05) is 39.3 Å². The van der Waals surface area contributed by atoms with Crippen LogP contribution in [0.25, 0.3) is 11.0 Å². The van der Waals surface area contributed by atoms with Gasteiger partial charge in [0.05, 0.1) is 22.3 Å². The number of nitrogens with one attached hydrogen (secondary N) is 1. The number of carbonyl (C=O) groups excluding carboxylic acids is 1. The van der Waals surface area contributed by atoms with Crippen molar-refractivity contribution in [1.82, 2.24) is 24.1 Å². The van der Waals surface area contributed by atoms with Crippen molar-refractivity contribution < 1.29 is 13.2 Å². The average molecular weight is 448 g/mol. The summed E-state index contributed by atoms with van der Waals surface area (Å²) in [5.74, 6) is 0.0323. The number of imidazole rings is 1. The predicted molar refractivity (Wildman–Crippen MR) is 120 cm³/mol. The number of aryl methyl sites for hydroxylation is 1. The second-order valence-corrected chi connectivity index (χ2v) is 10.5. The number of benzene rings is 1. The molecule has 4 rings (SSSR count). The van der Waals surface area contributed by atoms with Crippen LogP contribution in [0.2, 0.25) is 0 Å². The van der Waals surface area contributed by atoms with Crippen LogP contribution >= 0.6 is 0 Å². The summed E-state index contributed by atoms with van der Waals surface area (Å²) < 4.78 is 29.0. The zero-order chi connectivity index (χ0) is 21.7. The molecule has 0 spiro atoms. The van der Waals surface area contributed by atoms with E-state index in [1.165, 1.54) is 25.7 Å². The van der Waals surface area contributed by atoms with E-state index in [0.717, 1.165) is 38.0 Å². The number of amides is 1. The Hall–Kier alpha value is -1.97. The molecule has 31 heavy (non-hydrogen) atoms. The number of likely N-dealkylation sites (tertiary alicyclic amines) is 1. The summed E-state index contributed by atoms with van der Waals surface area (Å²) in [5, 5.41) is 3.02. The number of aromatic nitrogens is 2. The molecule has 8 nitrogen and oxygen atoms in total. The SMILES string of the molecule is O=C(CCn1cnc2cc(S(=O)(=O)N3CCCC3)ccc21)NCCN1CCCCCC1. The summed E-state index contributed by atoms with van der Waals surface area (Å²) in [5.41, 5.74) is 1.49. The molecule has 170 valence electrons. The van der Waals surface area contributed by atoms with E-state index < -0.39 is 10.0 Å². The number of hydrogen-bond acceptors (Lipinski definition) is 5. The first-order chi connectivity index (χ1) is 15.0. The summed E-state index contributed by atoms with van der Waals surface area (Å²) in [6, 6.07) is 5.08. The van der Waals surface area contributed by atoms with Gasteiger partial charge < -0.3 is 14.8 Å². The molecule has 3 heterocycles. The molecule has 9 heteroatoms. The molecule has 0 radical (unpaired) electrons. The van der Waals surface area contributed by atoms with E-state index >= 15 is 0 Å². The second-order valence-electron chi connectivity index (χ2n) is 8.56. The van der Waals surface area contributed by atoms with Crippen LogP contribution in [-0.4, -0.2) is 72.3 Å². The molecule has 2 fully saturated rings. The van der Waals surface area contributed by atoms with E-state index in [-0.39, 0.29) is 5.91 Å². The van der Waals surface area contributed by atoms with Crippen molar-refractivity contribution in [3.8, 4) is 0 Å². The van der Waals surface area contributed by atoms with Gasteiger partial charge in [-0.15, -0.1) is 0 Å². The zero-order valence-corrected chi connectivity index (χ0v) is 18.9. The summed E-state index contributed by atoms with van der Waals surface area (Å²) in [6.07, 6.45) is 9.01. The highest BCUT2D eigenvalue weighted by molar-refractivity contribution is 7.89. The minimum atomic E-state index is -3.45. The highest BCUT2D eigenvalue weighted by Crippen LogP contribution is 2.24. The molecule has 1 amide bonds. The van der Waals surface area contributed by atoms with Gasteiger partial charge in [0.2, 0.25) is 15.9 Å².